The van der Waals surface area contributed by atoms with Gasteiger partial charge in [-0.25, -0.2) is 0 Å². The lowest BCUT2D eigenvalue weighted by Crippen LogP contribution is -2.59. The van der Waals surface area contributed by atoms with Crippen molar-refractivity contribution in [2.24, 2.45) is 34.5 Å². The summed E-state index contributed by atoms with van der Waals surface area (Å²) >= 11 is 0. The average Bonchev–Trinajstić information content (AvgIpc) is 3.18. The van der Waals surface area contributed by atoms with E-state index in [1.165, 1.54) is 25.3 Å². The van der Waals surface area contributed by atoms with E-state index < -0.39 is 29.3 Å². The van der Waals surface area contributed by atoms with Gasteiger partial charge in [0.1, 0.15) is 6.10 Å². The number of aliphatic hydroxyl groups is 3. The fourth-order valence-electron chi connectivity index (χ4n) is 8.78. The van der Waals surface area contributed by atoms with Gasteiger partial charge in [-0.2, -0.15) is 0 Å². The Morgan fingerprint density at radius 3 is 2.53 bits per heavy atom. The molecule has 9 atom stereocenters. The number of hydrogen-bond acceptors (Lipinski definition) is 6. The van der Waals surface area contributed by atoms with Gasteiger partial charge in [-0.05, 0) is 81.5 Å². The second kappa shape index (κ2) is 11.3. The summed E-state index contributed by atoms with van der Waals surface area (Å²) in [6, 6.07) is 0. The summed E-state index contributed by atoms with van der Waals surface area (Å²) < 4.78 is 11.0. The number of carbonyl (C=O) groups excluding carboxylic acids is 1. The van der Waals surface area contributed by atoms with E-state index in [1.54, 1.807) is 0 Å². The molecular weight excluding hydrogens is 480 g/mol. The predicted octanol–water partition coefficient (Wildman–Crippen LogP) is 5.34. The van der Waals surface area contributed by atoms with Crippen molar-refractivity contribution in [2.75, 3.05) is 13.2 Å². The predicted molar refractivity (Wildman–Crippen MR) is 148 cm³/mol. The maximum absolute atomic E-state index is 11.7. The molecule has 0 spiro atoms. The van der Waals surface area contributed by atoms with Crippen molar-refractivity contribution in [3.8, 4) is 0 Å². The third-order valence-electron chi connectivity index (χ3n) is 10.9. The third-order valence-corrected chi connectivity index (χ3v) is 10.9. The van der Waals surface area contributed by atoms with Gasteiger partial charge in [0.05, 0.1) is 31.0 Å². The van der Waals surface area contributed by atoms with E-state index in [2.05, 4.69) is 32.9 Å². The number of fused-ring (bicyclic) bond motifs is 5. The first-order valence-electron chi connectivity index (χ1n) is 15.0. The highest BCUT2D eigenvalue weighted by atomic mass is 16.5. The SMILES string of the molecule is CC(=O)OCCCO[C@@H]1[C@H](O)CC2=CC=C3[C@@H]4CC[C@H]([C@H](C)CCCC(C)(C)O)[C@@]4(C)CC[C@@H]3[C@@]2(C)[C@H]1O. The number of rotatable bonds is 10. The molecule has 0 radical (unpaired) electrons. The maximum atomic E-state index is 11.7. The summed E-state index contributed by atoms with van der Waals surface area (Å²) in [7, 11) is 0. The number of hydrogen-bond donors (Lipinski definition) is 3. The highest BCUT2D eigenvalue weighted by Crippen LogP contribution is 2.66. The summed E-state index contributed by atoms with van der Waals surface area (Å²) in [6.07, 6.45) is 11.1. The average molecular weight is 533 g/mol. The van der Waals surface area contributed by atoms with Gasteiger partial charge in [0.2, 0.25) is 0 Å². The van der Waals surface area contributed by atoms with E-state index in [4.69, 9.17) is 9.47 Å². The minimum atomic E-state index is -0.790. The van der Waals surface area contributed by atoms with E-state index >= 15 is 0 Å². The van der Waals surface area contributed by atoms with Crippen LogP contribution in [0.1, 0.15) is 99.3 Å². The van der Waals surface area contributed by atoms with Crippen LogP contribution in [-0.4, -0.2) is 58.4 Å². The van der Waals surface area contributed by atoms with Crippen molar-refractivity contribution >= 4 is 5.97 Å². The van der Waals surface area contributed by atoms with Crippen LogP contribution in [0.2, 0.25) is 0 Å². The zero-order chi connectivity index (χ0) is 27.9. The molecule has 38 heavy (non-hydrogen) atoms. The van der Waals surface area contributed by atoms with Crippen molar-refractivity contribution in [2.45, 2.75) is 123 Å². The summed E-state index contributed by atoms with van der Waals surface area (Å²) in [4.78, 5) is 11.0. The second-order valence-electron chi connectivity index (χ2n) is 13.9. The molecule has 4 aliphatic rings. The lowest BCUT2D eigenvalue weighted by Gasteiger charge is -2.57. The lowest BCUT2D eigenvalue weighted by molar-refractivity contribution is -0.164. The highest BCUT2D eigenvalue weighted by molar-refractivity contribution is 5.65. The van der Waals surface area contributed by atoms with E-state index in [-0.39, 0.29) is 23.9 Å². The van der Waals surface area contributed by atoms with Crippen LogP contribution in [0.3, 0.4) is 0 Å². The Labute approximate surface area is 229 Å². The highest BCUT2D eigenvalue weighted by Gasteiger charge is 2.60. The molecule has 6 heteroatoms. The molecule has 216 valence electrons. The zero-order valence-corrected chi connectivity index (χ0v) is 24.5. The smallest absolute Gasteiger partial charge is 0.302 e. The lowest BCUT2D eigenvalue weighted by atomic mass is 9.49. The molecule has 0 aliphatic heterocycles. The Morgan fingerprint density at radius 2 is 1.84 bits per heavy atom. The summed E-state index contributed by atoms with van der Waals surface area (Å²) in [6.45, 7) is 12.9. The van der Waals surface area contributed by atoms with Gasteiger partial charge >= 0.3 is 5.97 Å². The third kappa shape index (κ3) is 5.66. The molecule has 0 aromatic heterocycles. The molecule has 4 aliphatic carbocycles. The molecule has 0 heterocycles. The summed E-state index contributed by atoms with van der Waals surface area (Å²) in [5, 5.41) is 32.8. The minimum absolute atomic E-state index is 0.263. The van der Waals surface area contributed by atoms with Crippen LogP contribution in [0.4, 0.5) is 0 Å². The second-order valence-corrected chi connectivity index (χ2v) is 13.9. The van der Waals surface area contributed by atoms with Gasteiger partial charge in [0.25, 0.3) is 0 Å². The van der Waals surface area contributed by atoms with E-state index in [1.807, 2.05) is 13.8 Å². The van der Waals surface area contributed by atoms with Crippen molar-refractivity contribution in [3.63, 3.8) is 0 Å². The summed E-state index contributed by atoms with van der Waals surface area (Å²) in [5.41, 5.74) is 1.88. The molecule has 3 fully saturated rings. The normalized spacial score (nSPS) is 39.4. The first-order chi connectivity index (χ1) is 17.8. The number of ether oxygens (including phenoxy) is 2. The molecule has 0 aromatic rings. The van der Waals surface area contributed by atoms with Gasteiger partial charge in [-0.15, -0.1) is 0 Å². The van der Waals surface area contributed by atoms with Crippen LogP contribution in [0.15, 0.2) is 23.3 Å². The summed E-state index contributed by atoms with van der Waals surface area (Å²) in [5.74, 6) is 1.79. The van der Waals surface area contributed by atoms with Crippen LogP contribution in [0.25, 0.3) is 0 Å². The van der Waals surface area contributed by atoms with Crippen LogP contribution in [-0.2, 0) is 14.3 Å². The Morgan fingerprint density at radius 1 is 1.11 bits per heavy atom. The van der Waals surface area contributed by atoms with Gasteiger partial charge < -0.3 is 24.8 Å². The first-order valence-corrected chi connectivity index (χ1v) is 15.0. The molecule has 0 saturated heterocycles. The number of aliphatic hydroxyl groups excluding tert-OH is 2. The maximum Gasteiger partial charge on any atom is 0.302 e. The largest absolute Gasteiger partial charge is 0.466 e. The standard InChI is InChI=1S/C32H52O6/c1-20(9-7-15-30(3,4)36)24-12-13-25-23-11-10-22-19-27(34)28(38-18-8-17-37-21(2)33)29(35)32(22,6)26(23)14-16-31(24,25)5/h10-11,20,24-29,34-36H,7-9,12-19H2,1-6H3/t20-,24-,25+,26+,27-,28-,29+,31-,32+/m1/s1. The molecule has 0 unspecified atom stereocenters. The van der Waals surface area contributed by atoms with Gasteiger partial charge in [-0.3, -0.25) is 4.79 Å². The Balaban J connectivity index is 1.46. The van der Waals surface area contributed by atoms with E-state index in [0.717, 1.165) is 37.7 Å². The minimum Gasteiger partial charge on any atom is -0.466 e. The number of carbonyl (C=O) groups is 1. The molecular formula is C32H52O6. The first kappa shape index (κ1) is 29.8. The topological polar surface area (TPSA) is 96.2 Å². The van der Waals surface area contributed by atoms with E-state index in [0.29, 0.717) is 37.2 Å². The Kier molecular flexibility index (Phi) is 8.89. The fourth-order valence-corrected chi connectivity index (χ4v) is 8.78. The van der Waals surface area contributed by atoms with Gasteiger partial charge in [0, 0.05) is 18.8 Å². The Bertz CT molecular complexity index is 917. The fraction of sp³-hybridized carbons (Fsp3) is 0.844. The monoisotopic (exact) mass is 532 g/mol. The van der Waals surface area contributed by atoms with Gasteiger partial charge in [-0.1, -0.05) is 56.9 Å². The number of allylic oxidation sites excluding steroid dienone is 3. The molecule has 0 amide bonds. The molecule has 3 N–H and O–H groups in total. The zero-order valence-electron chi connectivity index (χ0n) is 24.5. The molecule has 4 rings (SSSR count). The van der Waals surface area contributed by atoms with Crippen molar-refractivity contribution in [3.05, 3.63) is 23.3 Å². The van der Waals surface area contributed by atoms with Crippen LogP contribution in [0.5, 0.6) is 0 Å². The van der Waals surface area contributed by atoms with Gasteiger partial charge in [0.15, 0.2) is 0 Å². The van der Waals surface area contributed by atoms with E-state index in [9.17, 15) is 20.1 Å². The molecule has 0 bridgehead atoms. The van der Waals surface area contributed by atoms with Crippen molar-refractivity contribution in [1.82, 2.24) is 0 Å². The molecule has 0 aromatic carbocycles. The molecule has 6 nitrogen and oxygen atoms in total. The van der Waals surface area contributed by atoms with Crippen LogP contribution in [0, 0.1) is 34.5 Å². The van der Waals surface area contributed by atoms with Crippen molar-refractivity contribution < 1.29 is 29.6 Å². The quantitative estimate of drug-likeness (QED) is 0.260. The van der Waals surface area contributed by atoms with Crippen LogP contribution >= 0.6 is 0 Å². The van der Waals surface area contributed by atoms with Crippen LogP contribution < -0.4 is 0 Å². The molecule has 3 saturated carbocycles. The number of esters is 1. The van der Waals surface area contributed by atoms with Crippen molar-refractivity contribution in [1.29, 1.82) is 0 Å². The Hall–Kier alpha value is -1.21.